The summed E-state index contributed by atoms with van der Waals surface area (Å²) < 4.78 is 4.82. The van der Waals surface area contributed by atoms with Gasteiger partial charge in [-0.25, -0.2) is 0 Å². The maximum absolute atomic E-state index is 11.9. The van der Waals surface area contributed by atoms with Gasteiger partial charge in [-0.3, -0.25) is 9.59 Å². The third-order valence-corrected chi connectivity index (χ3v) is 3.95. The Morgan fingerprint density at radius 3 is 2.59 bits per heavy atom. The molecule has 0 aliphatic heterocycles. The molecule has 1 rings (SSSR count). The minimum Gasteiger partial charge on any atom is -0.466 e. The highest BCUT2D eigenvalue weighted by Crippen LogP contribution is 2.13. The topological polar surface area (TPSA) is 70.4 Å². The highest BCUT2D eigenvalue weighted by molar-refractivity contribution is 7.99. The molecule has 0 N–H and O–H groups in total. The summed E-state index contributed by atoms with van der Waals surface area (Å²) in [4.78, 5) is 24.7. The molecule has 0 saturated carbocycles. The Bertz CT molecular complexity index is 537. The molecule has 0 unspecified atom stereocenters. The lowest BCUT2D eigenvalue weighted by Crippen LogP contribution is -2.30. The molecule has 0 bridgehead atoms. The number of ether oxygens (including phenoxy) is 1. The third kappa shape index (κ3) is 6.64. The lowest BCUT2D eigenvalue weighted by molar-refractivity contribution is -0.143. The van der Waals surface area contributed by atoms with Crippen LogP contribution in [0.5, 0.6) is 0 Å². The normalized spacial score (nSPS) is 9.86. The molecule has 1 amide bonds. The van der Waals surface area contributed by atoms with E-state index in [0.29, 0.717) is 30.2 Å². The summed E-state index contributed by atoms with van der Waals surface area (Å²) in [5.41, 5.74) is 1.70. The Balaban J connectivity index is 2.27. The van der Waals surface area contributed by atoms with Crippen molar-refractivity contribution >= 4 is 23.6 Å². The predicted octanol–water partition coefficient (Wildman–Crippen LogP) is 2.20. The van der Waals surface area contributed by atoms with Crippen molar-refractivity contribution < 1.29 is 14.3 Å². The van der Waals surface area contributed by atoms with Gasteiger partial charge in [-0.15, -0.1) is 11.8 Å². The molecule has 0 atom stereocenters. The van der Waals surface area contributed by atoms with E-state index < -0.39 is 0 Å². The molecule has 5 nitrogen and oxygen atoms in total. The zero-order chi connectivity index (χ0) is 16.4. The van der Waals surface area contributed by atoms with Crippen LogP contribution in [-0.4, -0.2) is 42.7 Å². The van der Waals surface area contributed by atoms with E-state index in [1.807, 2.05) is 12.1 Å². The average molecular weight is 320 g/mol. The largest absolute Gasteiger partial charge is 0.466 e. The van der Waals surface area contributed by atoms with Crippen molar-refractivity contribution in [1.82, 2.24) is 4.90 Å². The number of esters is 1. The molecule has 0 heterocycles. The first-order chi connectivity index (χ1) is 10.6. The van der Waals surface area contributed by atoms with Crippen LogP contribution in [0.15, 0.2) is 24.3 Å². The summed E-state index contributed by atoms with van der Waals surface area (Å²) in [6.45, 7) is 2.48. The number of carbonyl (C=O) groups excluding carboxylic acids is 2. The van der Waals surface area contributed by atoms with Crippen LogP contribution >= 0.6 is 11.8 Å². The van der Waals surface area contributed by atoms with Gasteiger partial charge in [0.15, 0.2) is 0 Å². The number of rotatable bonds is 8. The van der Waals surface area contributed by atoms with E-state index in [2.05, 4.69) is 6.07 Å². The molecule has 0 aliphatic carbocycles. The molecule has 0 saturated heterocycles. The highest BCUT2D eigenvalue weighted by Gasteiger charge is 2.11. The first kappa shape index (κ1) is 18.1. The van der Waals surface area contributed by atoms with E-state index in [1.165, 1.54) is 11.8 Å². The summed E-state index contributed by atoms with van der Waals surface area (Å²) in [5.74, 6) is 0.776. The van der Waals surface area contributed by atoms with Crippen LogP contribution < -0.4 is 0 Å². The minimum atomic E-state index is -0.285. The van der Waals surface area contributed by atoms with Crippen molar-refractivity contribution in [2.24, 2.45) is 0 Å². The maximum Gasteiger partial charge on any atom is 0.307 e. The SMILES string of the molecule is CCOC(=O)CCN(C)C(=O)CSCc1ccc(C#N)cc1. The van der Waals surface area contributed by atoms with Gasteiger partial charge in [-0.2, -0.15) is 5.26 Å². The standard InChI is InChI=1S/C16H20N2O3S/c1-3-21-16(20)8-9-18(2)15(19)12-22-11-14-6-4-13(10-17)5-7-14/h4-7H,3,8-9,11-12H2,1-2H3. The maximum atomic E-state index is 11.9. The molecular formula is C16H20N2O3S. The Hall–Kier alpha value is -2.00. The predicted molar refractivity (Wildman–Crippen MR) is 86.2 cm³/mol. The first-order valence-corrected chi connectivity index (χ1v) is 8.18. The van der Waals surface area contributed by atoms with Gasteiger partial charge >= 0.3 is 5.97 Å². The number of benzene rings is 1. The molecule has 0 spiro atoms. The summed E-state index contributed by atoms with van der Waals surface area (Å²) in [6.07, 6.45) is 0.219. The lowest BCUT2D eigenvalue weighted by Gasteiger charge is -2.16. The number of amides is 1. The fourth-order valence-corrected chi connectivity index (χ4v) is 2.58. The smallest absolute Gasteiger partial charge is 0.307 e. The molecule has 1 aromatic rings. The van der Waals surface area contributed by atoms with Crippen molar-refractivity contribution in [1.29, 1.82) is 5.26 Å². The van der Waals surface area contributed by atoms with Crippen LogP contribution in [-0.2, 0) is 20.1 Å². The van der Waals surface area contributed by atoms with Crippen molar-refractivity contribution in [3.05, 3.63) is 35.4 Å². The van der Waals surface area contributed by atoms with E-state index in [-0.39, 0.29) is 18.3 Å². The molecule has 0 fully saturated rings. The van der Waals surface area contributed by atoms with E-state index in [4.69, 9.17) is 10.00 Å². The van der Waals surface area contributed by atoms with Crippen molar-refractivity contribution in [3.63, 3.8) is 0 Å². The van der Waals surface area contributed by atoms with Crippen LogP contribution in [0.25, 0.3) is 0 Å². The summed E-state index contributed by atoms with van der Waals surface area (Å²) >= 11 is 1.51. The van der Waals surface area contributed by atoms with E-state index >= 15 is 0 Å². The number of thioether (sulfide) groups is 1. The highest BCUT2D eigenvalue weighted by atomic mass is 32.2. The summed E-state index contributed by atoms with van der Waals surface area (Å²) in [6, 6.07) is 9.38. The Labute approximate surface area is 135 Å². The van der Waals surface area contributed by atoms with E-state index in [0.717, 1.165) is 5.56 Å². The van der Waals surface area contributed by atoms with Gasteiger partial charge in [0.1, 0.15) is 0 Å². The van der Waals surface area contributed by atoms with Crippen LogP contribution in [0.3, 0.4) is 0 Å². The van der Waals surface area contributed by atoms with E-state index in [1.54, 1.807) is 31.0 Å². The molecule has 0 radical (unpaired) electrons. The lowest BCUT2D eigenvalue weighted by atomic mass is 10.2. The van der Waals surface area contributed by atoms with E-state index in [9.17, 15) is 9.59 Å². The third-order valence-electron chi connectivity index (χ3n) is 2.96. The molecule has 0 aliphatic rings. The van der Waals surface area contributed by atoms with Crippen LogP contribution in [0, 0.1) is 11.3 Å². The first-order valence-electron chi connectivity index (χ1n) is 7.03. The Morgan fingerprint density at radius 2 is 2.00 bits per heavy atom. The second-order valence-electron chi connectivity index (χ2n) is 4.67. The molecule has 6 heteroatoms. The number of nitriles is 1. The van der Waals surface area contributed by atoms with Gasteiger partial charge in [0, 0.05) is 19.3 Å². The van der Waals surface area contributed by atoms with Crippen molar-refractivity contribution in [2.75, 3.05) is 26.0 Å². The minimum absolute atomic E-state index is 0.0112. The van der Waals surface area contributed by atoms with Crippen molar-refractivity contribution in [2.45, 2.75) is 19.1 Å². The Kier molecular flexibility index (Phi) is 8.08. The monoisotopic (exact) mass is 320 g/mol. The van der Waals surface area contributed by atoms with Gasteiger partial charge in [0.25, 0.3) is 0 Å². The van der Waals surface area contributed by atoms with Crippen LogP contribution in [0.2, 0.25) is 0 Å². The number of hydrogen-bond donors (Lipinski definition) is 0. The van der Waals surface area contributed by atoms with Gasteiger partial charge in [0.2, 0.25) is 5.91 Å². The summed E-state index contributed by atoms with van der Waals surface area (Å²) in [5, 5.41) is 8.72. The number of nitrogens with zero attached hydrogens (tertiary/aromatic N) is 2. The van der Waals surface area contributed by atoms with Crippen LogP contribution in [0.1, 0.15) is 24.5 Å². The van der Waals surface area contributed by atoms with Gasteiger partial charge < -0.3 is 9.64 Å². The summed E-state index contributed by atoms with van der Waals surface area (Å²) in [7, 11) is 1.68. The second kappa shape index (κ2) is 9.85. The van der Waals surface area contributed by atoms with Gasteiger partial charge in [-0.1, -0.05) is 12.1 Å². The zero-order valence-electron chi connectivity index (χ0n) is 12.9. The van der Waals surface area contributed by atoms with Crippen LogP contribution in [0.4, 0.5) is 0 Å². The Morgan fingerprint density at radius 1 is 1.32 bits per heavy atom. The fraction of sp³-hybridized carbons (Fsp3) is 0.438. The number of carbonyl (C=O) groups is 2. The quantitative estimate of drug-likeness (QED) is 0.687. The fourth-order valence-electron chi connectivity index (χ4n) is 1.66. The van der Waals surface area contributed by atoms with Gasteiger partial charge in [-0.05, 0) is 24.6 Å². The zero-order valence-corrected chi connectivity index (χ0v) is 13.7. The molecule has 22 heavy (non-hydrogen) atoms. The average Bonchev–Trinajstić information content (AvgIpc) is 2.53. The van der Waals surface area contributed by atoms with Crippen molar-refractivity contribution in [3.8, 4) is 6.07 Å². The molecule has 1 aromatic carbocycles. The molecular weight excluding hydrogens is 300 g/mol. The van der Waals surface area contributed by atoms with Gasteiger partial charge in [0.05, 0.1) is 30.4 Å². The second-order valence-corrected chi connectivity index (χ2v) is 5.66. The molecule has 118 valence electrons. The molecule has 0 aromatic heterocycles. The number of hydrogen-bond acceptors (Lipinski definition) is 5.